The third-order valence-corrected chi connectivity index (χ3v) is 12.7. The summed E-state index contributed by atoms with van der Waals surface area (Å²) in [5.74, 6) is 1.05. The summed E-state index contributed by atoms with van der Waals surface area (Å²) in [6.07, 6.45) is 12.6. The average Bonchev–Trinajstić information content (AvgIpc) is 2.73. The molecule has 3 nitrogen and oxygen atoms in total. The largest absolute Gasteiger partial charge is 0.396 e. The molecule has 0 radical (unpaired) electrons. The van der Waals surface area contributed by atoms with Gasteiger partial charge in [-0.2, -0.15) is 0 Å². The minimum atomic E-state index is -0.386. The second kappa shape index (κ2) is 6.98. The SMILES string of the molecule is CC1(CO)CC2=C3C=CC4C5(C)CCC(O)C(C)(C)C5CCC4(C)C3(C)CCC2(C)C(O)C1. The van der Waals surface area contributed by atoms with E-state index in [2.05, 4.69) is 60.6 Å². The normalized spacial score (nSPS) is 55.3. The van der Waals surface area contributed by atoms with Crippen molar-refractivity contribution in [3.8, 4) is 0 Å². The lowest BCUT2D eigenvalue weighted by molar-refractivity contribution is -0.183. The summed E-state index contributed by atoms with van der Waals surface area (Å²) in [4.78, 5) is 0. The maximum absolute atomic E-state index is 11.3. The predicted octanol–water partition coefficient (Wildman–Crippen LogP) is 6.03. The molecule has 5 aliphatic carbocycles. The molecule has 0 spiro atoms. The van der Waals surface area contributed by atoms with Crippen LogP contribution in [0.15, 0.2) is 23.3 Å². The van der Waals surface area contributed by atoms with Gasteiger partial charge < -0.3 is 15.3 Å². The van der Waals surface area contributed by atoms with E-state index in [1.165, 1.54) is 24.0 Å². The fraction of sp³-hybridized carbons (Fsp3) is 0.867. The van der Waals surface area contributed by atoms with E-state index in [1.54, 1.807) is 0 Å². The lowest BCUT2D eigenvalue weighted by Crippen LogP contribution is -2.63. The van der Waals surface area contributed by atoms with Crippen LogP contribution >= 0.6 is 0 Å². The van der Waals surface area contributed by atoms with Gasteiger partial charge in [0.2, 0.25) is 0 Å². The van der Waals surface area contributed by atoms with Crippen LogP contribution in [0.1, 0.15) is 99.8 Å². The Morgan fingerprint density at radius 1 is 0.879 bits per heavy atom. The van der Waals surface area contributed by atoms with Crippen LogP contribution in [0.5, 0.6) is 0 Å². The van der Waals surface area contributed by atoms with E-state index in [0.717, 1.165) is 32.1 Å². The number of aliphatic hydroxyl groups is 3. The molecule has 9 unspecified atom stereocenters. The van der Waals surface area contributed by atoms with Crippen molar-refractivity contribution >= 4 is 0 Å². The zero-order valence-corrected chi connectivity index (χ0v) is 22.2. The van der Waals surface area contributed by atoms with Crippen LogP contribution in [0.2, 0.25) is 0 Å². The molecule has 5 rings (SSSR count). The maximum atomic E-state index is 11.3. The van der Waals surface area contributed by atoms with Gasteiger partial charge in [0.15, 0.2) is 0 Å². The first-order valence-electron chi connectivity index (χ1n) is 13.6. The molecule has 186 valence electrons. The molecule has 3 saturated carbocycles. The van der Waals surface area contributed by atoms with Crippen molar-refractivity contribution in [1.82, 2.24) is 0 Å². The highest BCUT2D eigenvalue weighted by atomic mass is 16.3. The zero-order chi connectivity index (χ0) is 24.2. The van der Waals surface area contributed by atoms with Crippen LogP contribution in [0, 0.1) is 44.3 Å². The Hall–Kier alpha value is -0.640. The van der Waals surface area contributed by atoms with E-state index < -0.39 is 0 Å². The lowest BCUT2D eigenvalue weighted by Gasteiger charge is -2.69. The molecule has 33 heavy (non-hydrogen) atoms. The number of allylic oxidation sites excluding steroid dienone is 3. The van der Waals surface area contributed by atoms with Crippen LogP contribution in [0.3, 0.4) is 0 Å². The first kappa shape index (κ1) is 24.1. The fourth-order valence-corrected chi connectivity index (χ4v) is 10.0. The molecule has 0 bridgehead atoms. The van der Waals surface area contributed by atoms with Gasteiger partial charge in [0.25, 0.3) is 0 Å². The number of fused-ring (bicyclic) bond motifs is 6. The average molecular weight is 457 g/mol. The molecule has 0 aromatic carbocycles. The topological polar surface area (TPSA) is 60.7 Å². The first-order valence-corrected chi connectivity index (χ1v) is 13.6. The maximum Gasteiger partial charge on any atom is 0.0637 e. The standard InChI is InChI=1S/C30H48O3/c1-25(2)21-10-13-30(7)22(28(21,5)12-11-23(25)32)9-8-19-20-16-26(3,18-31)17-24(33)27(20,4)14-15-29(19,30)6/h8-9,21-24,31-33H,10-18H2,1-7H3. The summed E-state index contributed by atoms with van der Waals surface area (Å²) in [5, 5.41) is 32.4. The Morgan fingerprint density at radius 2 is 1.58 bits per heavy atom. The highest BCUT2D eigenvalue weighted by Gasteiger charge is 2.66. The molecule has 0 aromatic heterocycles. The van der Waals surface area contributed by atoms with Crippen LogP contribution in [0.4, 0.5) is 0 Å². The summed E-state index contributed by atoms with van der Waals surface area (Å²) in [6.45, 7) is 16.8. The van der Waals surface area contributed by atoms with Gasteiger partial charge in [-0.05, 0) is 95.9 Å². The van der Waals surface area contributed by atoms with Crippen LogP contribution in [-0.2, 0) is 0 Å². The van der Waals surface area contributed by atoms with Crippen LogP contribution < -0.4 is 0 Å². The minimum Gasteiger partial charge on any atom is -0.396 e. The van der Waals surface area contributed by atoms with Gasteiger partial charge in [0.1, 0.15) is 0 Å². The Balaban J connectivity index is 1.66. The smallest absolute Gasteiger partial charge is 0.0637 e. The van der Waals surface area contributed by atoms with Gasteiger partial charge in [-0.1, -0.05) is 66.2 Å². The molecule has 5 aliphatic rings. The number of hydrogen-bond acceptors (Lipinski definition) is 3. The van der Waals surface area contributed by atoms with Gasteiger partial charge in [-0.15, -0.1) is 0 Å². The van der Waals surface area contributed by atoms with E-state index in [9.17, 15) is 15.3 Å². The number of rotatable bonds is 1. The van der Waals surface area contributed by atoms with E-state index in [4.69, 9.17) is 0 Å². The summed E-state index contributed by atoms with van der Waals surface area (Å²) in [5.41, 5.74) is 2.92. The molecule has 0 saturated heterocycles. The highest BCUT2D eigenvalue weighted by molar-refractivity contribution is 5.46. The third-order valence-electron chi connectivity index (χ3n) is 12.7. The Bertz CT molecular complexity index is 902. The molecule has 0 aliphatic heterocycles. The van der Waals surface area contributed by atoms with Gasteiger partial charge in [0.05, 0.1) is 12.2 Å². The van der Waals surface area contributed by atoms with Crippen molar-refractivity contribution in [2.45, 2.75) is 112 Å². The van der Waals surface area contributed by atoms with Crippen LogP contribution in [-0.4, -0.2) is 34.1 Å². The van der Waals surface area contributed by atoms with Gasteiger partial charge in [-0.25, -0.2) is 0 Å². The second-order valence-electron chi connectivity index (χ2n) is 14.7. The monoisotopic (exact) mass is 456 g/mol. The van der Waals surface area contributed by atoms with Crippen molar-refractivity contribution in [3.05, 3.63) is 23.3 Å². The lowest BCUT2D eigenvalue weighted by atomic mass is 9.35. The first-order chi connectivity index (χ1) is 15.2. The van der Waals surface area contributed by atoms with Gasteiger partial charge >= 0.3 is 0 Å². The van der Waals surface area contributed by atoms with E-state index in [1.807, 2.05) is 0 Å². The van der Waals surface area contributed by atoms with Crippen molar-refractivity contribution in [2.24, 2.45) is 44.3 Å². The Kier molecular flexibility index (Phi) is 5.09. The van der Waals surface area contributed by atoms with Crippen molar-refractivity contribution in [3.63, 3.8) is 0 Å². The van der Waals surface area contributed by atoms with E-state index in [-0.39, 0.29) is 51.3 Å². The highest BCUT2D eigenvalue weighted by Crippen LogP contribution is 2.74. The molecule has 3 heteroatoms. The molecule has 9 atom stereocenters. The molecule has 0 heterocycles. The minimum absolute atomic E-state index is 0.0383. The van der Waals surface area contributed by atoms with E-state index in [0.29, 0.717) is 18.3 Å². The fourth-order valence-electron chi connectivity index (χ4n) is 10.0. The molecular formula is C30H48O3. The third kappa shape index (κ3) is 2.85. The Morgan fingerprint density at radius 3 is 2.24 bits per heavy atom. The summed E-state index contributed by atoms with van der Waals surface area (Å²) in [7, 11) is 0. The number of hydrogen-bond donors (Lipinski definition) is 3. The molecular weight excluding hydrogens is 408 g/mol. The second-order valence-corrected chi connectivity index (χ2v) is 14.7. The molecule has 3 N–H and O–H groups in total. The van der Waals surface area contributed by atoms with Crippen LogP contribution in [0.25, 0.3) is 0 Å². The van der Waals surface area contributed by atoms with Crippen molar-refractivity contribution < 1.29 is 15.3 Å². The van der Waals surface area contributed by atoms with Crippen molar-refractivity contribution in [2.75, 3.05) is 6.61 Å². The summed E-state index contributed by atoms with van der Waals surface area (Å²) >= 11 is 0. The van der Waals surface area contributed by atoms with Gasteiger partial charge in [0, 0.05) is 12.0 Å². The molecule has 3 fully saturated rings. The molecule has 0 aromatic rings. The van der Waals surface area contributed by atoms with Crippen molar-refractivity contribution in [1.29, 1.82) is 0 Å². The number of aliphatic hydroxyl groups excluding tert-OH is 3. The Labute approximate surface area is 201 Å². The summed E-state index contributed by atoms with van der Waals surface area (Å²) in [6, 6.07) is 0. The zero-order valence-electron chi connectivity index (χ0n) is 22.2. The van der Waals surface area contributed by atoms with Gasteiger partial charge in [-0.3, -0.25) is 0 Å². The predicted molar refractivity (Wildman–Crippen MR) is 133 cm³/mol. The summed E-state index contributed by atoms with van der Waals surface area (Å²) < 4.78 is 0. The van der Waals surface area contributed by atoms with E-state index >= 15 is 0 Å². The molecule has 0 amide bonds. The quantitative estimate of drug-likeness (QED) is 0.451.